The summed E-state index contributed by atoms with van der Waals surface area (Å²) in [7, 11) is 0. The summed E-state index contributed by atoms with van der Waals surface area (Å²) in [5, 5.41) is 0. The fourth-order valence-corrected chi connectivity index (χ4v) is 5.94. The molecule has 2 aromatic rings. The van der Waals surface area contributed by atoms with E-state index in [4.69, 9.17) is 5.73 Å². The van der Waals surface area contributed by atoms with Gasteiger partial charge in [-0.3, -0.25) is 0 Å². The van der Waals surface area contributed by atoms with E-state index in [0.29, 0.717) is 0 Å². The summed E-state index contributed by atoms with van der Waals surface area (Å²) in [6.45, 7) is 32.0. The van der Waals surface area contributed by atoms with E-state index >= 15 is 0 Å². The molecule has 0 atom stereocenters. The normalized spacial score (nSPS) is 18.3. The van der Waals surface area contributed by atoms with Crippen molar-refractivity contribution < 1.29 is 38.3 Å². The molecule has 0 radical (unpaired) electrons. The first kappa shape index (κ1) is 56.1. The van der Waals surface area contributed by atoms with Crippen LogP contribution in [-0.4, -0.2) is 17.9 Å². The van der Waals surface area contributed by atoms with Crippen molar-refractivity contribution in [2.24, 2.45) is 17.8 Å². The van der Waals surface area contributed by atoms with Gasteiger partial charge in [0, 0.05) is 0 Å². The molecule has 260 valence electrons. The number of aryl methyl sites for hydroxylation is 4. The quantitative estimate of drug-likeness (QED) is 0.187. The average molecular weight is 808 g/mol. The van der Waals surface area contributed by atoms with Crippen molar-refractivity contribution in [3.8, 4) is 0 Å². The van der Waals surface area contributed by atoms with Gasteiger partial charge >= 0.3 is 76.9 Å². The molecule has 6 rings (SSSR count). The van der Waals surface area contributed by atoms with E-state index in [0.717, 1.165) is 17.8 Å². The second kappa shape index (κ2) is 27.4. The van der Waals surface area contributed by atoms with Gasteiger partial charge in [0.1, 0.15) is 0 Å². The molecule has 1 nitrogen and oxygen atoms in total. The molecule has 4 saturated carbocycles. The molecule has 0 spiro atoms. The third-order valence-electron chi connectivity index (χ3n) is 8.09. The van der Waals surface area contributed by atoms with E-state index in [2.05, 4.69) is 132 Å². The van der Waals surface area contributed by atoms with Crippen molar-refractivity contribution in [2.75, 3.05) is 0 Å². The number of rotatable bonds is 0. The molecular formula is C36H67Cl4NSi2Ti2. The number of halogens is 4. The first-order valence-electron chi connectivity index (χ1n) is 15.6. The SMILES string of the molecule is C1[C-]2CC3CC1CC(C2)C3.CC(C)(C)[NH-].C[Si](C)=[Ti+2].C[Si](C)=[Ti+2].Cc1c[c-](C)c(C)c1C.Cc1c[c-](C)c(C)c1C.Cl.Cl.Cl.Cl. The molecule has 0 unspecified atom stereocenters. The smallest absolute Gasteiger partial charge is 0.0630 e. The summed E-state index contributed by atoms with van der Waals surface area (Å²) in [6, 6.07) is 4.48. The Morgan fingerprint density at radius 1 is 0.622 bits per heavy atom. The van der Waals surface area contributed by atoms with Crippen LogP contribution in [0.4, 0.5) is 0 Å². The zero-order valence-corrected chi connectivity index (χ0v) is 39.7. The summed E-state index contributed by atoms with van der Waals surface area (Å²) in [5.41, 5.74) is 18.2. The molecule has 0 aliphatic heterocycles. The minimum atomic E-state index is -0.250. The van der Waals surface area contributed by atoms with Gasteiger partial charge in [0.25, 0.3) is 0 Å². The molecule has 0 saturated heterocycles. The van der Waals surface area contributed by atoms with Crippen LogP contribution in [0, 0.1) is 79.1 Å². The Kier molecular flexibility index (Phi) is 34.2. The molecule has 4 fully saturated rings. The molecular weight excluding hydrogens is 740 g/mol. The van der Waals surface area contributed by atoms with Crippen LogP contribution in [0.2, 0.25) is 26.2 Å². The maximum absolute atomic E-state index is 6.94. The van der Waals surface area contributed by atoms with Gasteiger partial charge < -0.3 is 11.7 Å². The van der Waals surface area contributed by atoms with Gasteiger partial charge in [-0.05, 0) is 0 Å². The fraction of sp³-hybridized carbons (Fsp3) is 0.694. The van der Waals surface area contributed by atoms with Crippen molar-refractivity contribution in [2.45, 2.75) is 146 Å². The summed E-state index contributed by atoms with van der Waals surface area (Å²) >= 11 is 4.54. The standard InChI is InChI=1S/C10H15.2C9H13.C4H10N.2C2H6Si.4ClH.2Ti/c1-7-2-9-4-8(1)5-10(3-7)6-9;2*1-6-5-7(2)9(4)8(6)3;1-4(2,3)5;2*1-3-2;;;;;;/h7-9H,1-6H2;2*5H,1-4H3;5H,1-3H3;2*1-2H3;4*1H;;/q4*-1;;;;;;;2*+2. The van der Waals surface area contributed by atoms with E-state index in [1.807, 2.05) is 26.7 Å². The Hall–Kier alpha value is 1.68. The Bertz CT molecular complexity index is 926. The van der Waals surface area contributed by atoms with Gasteiger partial charge in [-0.25, -0.2) is 0 Å². The predicted octanol–water partition coefficient (Wildman–Crippen LogP) is 13.2. The third kappa shape index (κ3) is 26.2. The minimum Gasteiger partial charge on any atom is -0.199 e. The minimum absolute atomic E-state index is 0. The molecule has 45 heavy (non-hydrogen) atoms. The molecule has 4 aliphatic carbocycles. The van der Waals surface area contributed by atoms with Crippen molar-refractivity contribution in [3.63, 3.8) is 0 Å². The summed E-state index contributed by atoms with van der Waals surface area (Å²) in [5.74, 6) is 5.35. The van der Waals surface area contributed by atoms with Crippen molar-refractivity contribution in [3.05, 3.63) is 68.3 Å². The van der Waals surface area contributed by atoms with Crippen LogP contribution in [0.5, 0.6) is 0 Å². The first-order chi connectivity index (χ1) is 18.6. The van der Waals surface area contributed by atoms with Crippen molar-refractivity contribution >= 4 is 62.0 Å². The fourth-order valence-electron chi connectivity index (χ4n) is 5.94. The molecule has 2 aromatic carbocycles. The maximum atomic E-state index is 6.94. The monoisotopic (exact) mass is 805 g/mol. The van der Waals surface area contributed by atoms with Crippen molar-refractivity contribution in [1.82, 2.24) is 0 Å². The number of hydrogen-bond acceptors (Lipinski definition) is 0. The zero-order valence-electron chi connectivity index (χ0n) is 31.3. The largest absolute Gasteiger partial charge is 0.199 e. The second-order valence-electron chi connectivity index (χ2n) is 14.4. The molecule has 1 N–H and O–H groups in total. The van der Waals surface area contributed by atoms with Crippen LogP contribution in [0.3, 0.4) is 0 Å². The van der Waals surface area contributed by atoms with Gasteiger partial charge in [0.2, 0.25) is 0 Å². The molecule has 0 heterocycles. The molecule has 9 heteroatoms. The van der Waals surface area contributed by atoms with Gasteiger partial charge in [0.05, 0.1) is 0 Å². The summed E-state index contributed by atoms with van der Waals surface area (Å²) in [6.07, 6.45) is 9.55. The van der Waals surface area contributed by atoms with Crippen molar-refractivity contribution in [1.29, 1.82) is 0 Å². The van der Waals surface area contributed by atoms with E-state index in [1.165, 1.54) is 63.8 Å². The van der Waals surface area contributed by atoms with E-state index in [9.17, 15) is 0 Å². The predicted molar refractivity (Wildman–Crippen MR) is 211 cm³/mol. The first-order valence-corrected chi connectivity index (χ1v) is 25.3. The van der Waals surface area contributed by atoms with E-state index in [1.54, 1.807) is 19.3 Å². The molecule has 0 aromatic heterocycles. The van der Waals surface area contributed by atoms with Crippen LogP contribution in [0.1, 0.15) is 104 Å². The Labute approximate surface area is 329 Å². The Balaban J connectivity index is -0.000000145. The van der Waals surface area contributed by atoms with E-state index in [-0.39, 0.29) is 67.5 Å². The molecule has 0 amide bonds. The molecule has 4 bridgehead atoms. The Morgan fingerprint density at radius 3 is 0.911 bits per heavy atom. The number of nitrogens with one attached hydrogen (secondary N) is 1. The molecule has 4 aliphatic rings. The second-order valence-corrected chi connectivity index (χ2v) is 27.8. The van der Waals surface area contributed by atoms with Crippen LogP contribution >= 0.6 is 49.6 Å². The van der Waals surface area contributed by atoms with Crippen LogP contribution in [-0.2, 0) is 38.3 Å². The van der Waals surface area contributed by atoms with Crippen LogP contribution in [0.25, 0.3) is 5.73 Å². The topological polar surface area (TPSA) is 23.8 Å². The average Bonchev–Trinajstić information content (AvgIpc) is 3.14. The van der Waals surface area contributed by atoms with E-state index < -0.39 is 0 Å². The third-order valence-corrected chi connectivity index (χ3v) is 8.09. The Morgan fingerprint density at radius 2 is 0.822 bits per heavy atom. The summed E-state index contributed by atoms with van der Waals surface area (Å²) < 4.78 is 0. The van der Waals surface area contributed by atoms with Gasteiger partial charge in [0.15, 0.2) is 0 Å². The van der Waals surface area contributed by atoms with Gasteiger partial charge in [-0.1, -0.05) is 113 Å². The van der Waals surface area contributed by atoms with Gasteiger partial charge in [-0.15, -0.1) is 55.2 Å². The summed E-state index contributed by atoms with van der Waals surface area (Å²) in [4.78, 5) is 0. The maximum Gasteiger partial charge on any atom is -0.0630 e. The number of hydrogen-bond donors (Lipinski definition) is 0. The van der Waals surface area contributed by atoms with Gasteiger partial charge in [-0.2, -0.15) is 75.9 Å². The zero-order chi connectivity index (χ0) is 32.2. The van der Waals surface area contributed by atoms with Crippen LogP contribution < -0.4 is 0 Å². The van der Waals surface area contributed by atoms with Crippen LogP contribution in [0.15, 0.2) is 12.1 Å².